The van der Waals surface area contributed by atoms with Crippen LogP contribution >= 0.6 is 11.3 Å². The van der Waals surface area contributed by atoms with Crippen molar-refractivity contribution in [1.29, 1.82) is 5.41 Å². The average Bonchev–Trinajstić information content (AvgIpc) is 2.92. The van der Waals surface area contributed by atoms with Crippen molar-refractivity contribution in [1.82, 2.24) is 14.5 Å². The molecule has 1 amide bonds. The zero-order valence-electron chi connectivity index (χ0n) is 13.0. The molecule has 1 aliphatic rings. The van der Waals surface area contributed by atoms with E-state index >= 15 is 0 Å². The van der Waals surface area contributed by atoms with Crippen LogP contribution in [0.3, 0.4) is 0 Å². The summed E-state index contributed by atoms with van der Waals surface area (Å²) in [7, 11) is 0. The lowest BCUT2D eigenvalue weighted by Gasteiger charge is -2.26. The monoisotopic (exact) mass is 336 g/mol. The molecule has 0 fully saturated rings. The molecule has 124 valence electrons. The van der Waals surface area contributed by atoms with Gasteiger partial charge >= 0.3 is 6.09 Å². The molecular weight excluding hydrogens is 316 g/mol. The largest absolute Gasteiger partial charge is 0.450 e. The summed E-state index contributed by atoms with van der Waals surface area (Å²) in [6, 6.07) is 0. The summed E-state index contributed by atoms with van der Waals surface area (Å²) in [6.07, 6.45) is 2.69. The molecule has 2 aromatic rings. The van der Waals surface area contributed by atoms with E-state index in [1.165, 1.54) is 0 Å². The molecule has 0 radical (unpaired) electrons. The third-order valence-corrected chi connectivity index (χ3v) is 5.08. The normalized spacial score (nSPS) is 14.1. The number of carbonyl (C=O) groups excluding carboxylic acids is 1. The van der Waals surface area contributed by atoms with E-state index < -0.39 is 0 Å². The number of nitrogens with zero attached hydrogens (tertiary/aromatic N) is 3. The zero-order chi connectivity index (χ0) is 16.4. The maximum absolute atomic E-state index is 11.9. The van der Waals surface area contributed by atoms with E-state index in [9.17, 15) is 4.79 Å². The smallest absolute Gasteiger partial charge is 0.410 e. The molecule has 0 spiro atoms. The van der Waals surface area contributed by atoms with Crippen molar-refractivity contribution in [3.05, 3.63) is 22.3 Å². The highest BCUT2D eigenvalue weighted by molar-refractivity contribution is 7.18. The maximum atomic E-state index is 11.9. The third-order valence-electron chi connectivity index (χ3n) is 3.96. The number of nitrogens with one attached hydrogen (secondary N) is 1. The molecular formula is C15H20N4O3S. The first-order chi connectivity index (χ1) is 11.2. The van der Waals surface area contributed by atoms with Crippen molar-refractivity contribution in [3.63, 3.8) is 0 Å². The predicted molar refractivity (Wildman–Crippen MR) is 86.3 cm³/mol. The van der Waals surface area contributed by atoms with Gasteiger partial charge in [-0.15, -0.1) is 11.3 Å². The van der Waals surface area contributed by atoms with Gasteiger partial charge in [-0.05, 0) is 25.3 Å². The summed E-state index contributed by atoms with van der Waals surface area (Å²) >= 11 is 1.54. The van der Waals surface area contributed by atoms with Gasteiger partial charge in [0.1, 0.15) is 10.3 Å². The summed E-state index contributed by atoms with van der Waals surface area (Å²) in [5.74, 6) is 0. The van der Waals surface area contributed by atoms with E-state index in [0.717, 1.165) is 20.7 Å². The van der Waals surface area contributed by atoms with Crippen LogP contribution in [0.25, 0.3) is 10.2 Å². The van der Waals surface area contributed by atoms with Crippen LogP contribution in [0.2, 0.25) is 0 Å². The van der Waals surface area contributed by atoms with Crippen LogP contribution in [0.4, 0.5) is 4.79 Å². The lowest BCUT2D eigenvalue weighted by atomic mass is 10.1. The van der Waals surface area contributed by atoms with Crippen molar-refractivity contribution in [2.75, 3.05) is 19.8 Å². The fraction of sp³-hybridized carbons (Fsp3) is 0.533. The van der Waals surface area contributed by atoms with Gasteiger partial charge in [0.05, 0.1) is 24.9 Å². The second-order valence-corrected chi connectivity index (χ2v) is 6.50. The van der Waals surface area contributed by atoms with Crippen LogP contribution in [-0.4, -0.2) is 45.4 Å². The third kappa shape index (κ3) is 2.96. The van der Waals surface area contributed by atoms with Gasteiger partial charge in [-0.1, -0.05) is 0 Å². The Kier molecular flexibility index (Phi) is 4.63. The van der Waals surface area contributed by atoms with Crippen molar-refractivity contribution in [3.8, 4) is 0 Å². The van der Waals surface area contributed by atoms with Crippen molar-refractivity contribution < 1.29 is 14.6 Å². The summed E-state index contributed by atoms with van der Waals surface area (Å²) in [4.78, 5) is 20.0. The van der Waals surface area contributed by atoms with E-state index in [1.54, 1.807) is 34.1 Å². The Morgan fingerprint density at radius 2 is 2.39 bits per heavy atom. The predicted octanol–water partition coefficient (Wildman–Crippen LogP) is 1.47. The summed E-state index contributed by atoms with van der Waals surface area (Å²) in [6.45, 7) is 3.97. The maximum Gasteiger partial charge on any atom is 0.410 e. The Morgan fingerprint density at radius 1 is 1.57 bits per heavy atom. The Bertz CT molecular complexity index is 783. The molecule has 1 aliphatic heterocycles. The number of fused-ring (bicyclic) bond motifs is 3. The van der Waals surface area contributed by atoms with Crippen molar-refractivity contribution >= 4 is 27.6 Å². The minimum Gasteiger partial charge on any atom is -0.450 e. The first-order valence-corrected chi connectivity index (χ1v) is 8.54. The molecule has 0 saturated carbocycles. The fourth-order valence-electron chi connectivity index (χ4n) is 2.83. The van der Waals surface area contributed by atoms with Gasteiger partial charge in [0.25, 0.3) is 0 Å². The molecule has 0 bridgehead atoms. The van der Waals surface area contributed by atoms with Crippen LogP contribution in [0.1, 0.15) is 23.8 Å². The van der Waals surface area contributed by atoms with Crippen molar-refractivity contribution in [2.45, 2.75) is 32.9 Å². The van der Waals surface area contributed by atoms with Crippen LogP contribution in [-0.2, 0) is 24.2 Å². The molecule has 23 heavy (non-hydrogen) atoms. The molecule has 0 aromatic carbocycles. The van der Waals surface area contributed by atoms with Crippen LogP contribution in [0.5, 0.6) is 0 Å². The number of hydrogen-bond acceptors (Lipinski definition) is 6. The quantitative estimate of drug-likeness (QED) is 0.884. The molecule has 0 aliphatic carbocycles. The van der Waals surface area contributed by atoms with Gasteiger partial charge in [0.15, 0.2) is 0 Å². The van der Waals surface area contributed by atoms with Gasteiger partial charge in [-0.3, -0.25) is 5.41 Å². The SMILES string of the molecule is CCOC(=O)N1CCc2c(sc3ncn(CCCO)c(=N)c23)C1. The number of hydrogen-bond donors (Lipinski definition) is 2. The molecule has 3 rings (SSSR count). The Hall–Kier alpha value is -1.93. The highest BCUT2D eigenvalue weighted by Crippen LogP contribution is 2.32. The molecule has 0 atom stereocenters. The van der Waals surface area contributed by atoms with E-state index in [-0.39, 0.29) is 12.7 Å². The van der Waals surface area contributed by atoms with E-state index in [2.05, 4.69) is 4.98 Å². The number of carbonyl (C=O) groups is 1. The second-order valence-electron chi connectivity index (χ2n) is 5.42. The molecule has 0 unspecified atom stereocenters. The van der Waals surface area contributed by atoms with E-state index in [1.807, 2.05) is 0 Å². The number of aliphatic hydroxyl groups excluding tert-OH is 1. The topological polar surface area (TPSA) is 91.4 Å². The number of aryl methyl sites for hydroxylation is 1. The first kappa shape index (κ1) is 15.9. The molecule has 8 heteroatoms. The average molecular weight is 336 g/mol. The minimum atomic E-state index is -0.285. The zero-order valence-corrected chi connectivity index (χ0v) is 13.9. The number of aliphatic hydroxyl groups is 1. The Labute approximate surface area is 137 Å². The highest BCUT2D eigenvalue weighted by atomic mass is 32.1. The standard InChI is InChI=1S/C15H20N4O3S/c1-2-22-15(21)18-6-4-10-11(8-18)23-14-12(10)13(16)19(9-17-14)5-3-7-20/h9,16,20H,2-8H2,1H3. The summed E-state index contributed by atoms with van der Waals surface area (Å²) in [5, 5.41) is 18.3. The van der Waals surface area contributed by atoms with Gasteiger partial charge < -0.3 is 19.3 Å². The van der Waals surface area contributed by atoms with E-state index in [0.29, 0.717) is 44.6 Å². The van der Waals surface area contributed by atoms with Crippen LogP contribution in [0.15, 0.2) is 6.33 Å². The van der Waals surface area contributed by atoms with Gasteiger partial charge in [0, 0.05) is 24.6 Å². The Balaban J connectivity index is 1.95. The second kappa shape index (κ2) is 6.67. The van der Waals surface area contributed by atoms with Gasteiger partial charge in [0.2, 0.25) is 0 Å². The lowest BCUT2D eigenvalue weighted by Crippen LogP contribution is -2.36. The first-order valence-electron chi connectivity index (χ1n) is 7.72. The molecule has 0 saturated heterocycles. The molecule has 2 N–H and O–H groups in total. The van der Waals surface area contributed by atoms with Crippen LogP contribution in [0, 0.1) is 5.41 Å². The van der Waals surface area contributed by atoms with Gasteiger partial charge in [-0.25, -0.2) is 9.78 Å². The number of ether oxygens (including phenoxy) is 1. The molecule has 7 nitrogen and oxygen atoms in total. The summed E-state index contributed by atoms with van der Waals surface area (Å²) in [5.41, 5.74) is 1.56. The number of amides is 1. The van der Waals surface area contributed by atoms with Gasteiger partial charge in [-0.2, -0.15) is 0 Å². The number of aromatic nitrogens is 2. The Morgan fingerprint density at radius 3 is 3.13 bits per heavy atom. The molecule has 2 aromatic heterocycles. The van der Waals surface area contributed by atoms with Crippen molar-refractivity contribution in [2.24, 2.45) is 0 Å². The lowest BCUT2D eigenvalue weighted by molar-refractivity contribution is 0.103. The number of rotatable bonds is 4. The van der Waals surface area contributed by atoms with Crippen LogP contribution < -0.4 is 5.49 Å². The number of thiophene rings is 1. The molecule has 3 heterocycles. The van der Waals surface area contributed by atoms with E-state index in [4.69, 9.17) is 15.3 Å². The highest BCUT2D eigenvalue weighted by Gasteiger charge is 2.26. The fourth-order valence-corrected chi connectivity index (χ4v) is 4.03. The minimum absolute atomic E-state index is 0.0979. The summed E-state index contributed by atoms with van der Waals surface area (Å²) < 4.78 is 6.84.